The SMILES string of the molecule is Cc1ccc(C(=O)N2C[C@@H](c3ccnn3C)C3(CCCN(Cc4cccnc4)C3=O)C2)s1. The summed E-state index contributed by atoms with van der Waals surface area (Å²) in [6.07, 6.45) is 7.03. The van der Waals surface area contributed by atoms with E-state index in [0.717, 1.165) is 40.4 Å². The van der Waals surface area contributed by atoms with Crippen LogP contribution in [0.25, 0.3) is 0 Å². The third-order valence-corrected chi connectivity index (χ3v) is 7.85. The lowest BCUT2D eigenvalue weighted by Crippen LogP contribution is -2.52. The van der Waals surface area contributed by atoms with Crippen molar-refractivity contribution in [3.05, 3.63) is 69.9 Å². The van der Waals surface area contributed by atoms with E-state index in [4.69, 9.17) is 0 Å². The summed E-state index contributed by atoms with van der Waals surface area (Å²) < 4.78 is 1.85. The van der Waals surface area contributed by atoms with E-state index in [-0.39, 0.29) is 17.7 Å². The number of amides is 2. The maximum atomic E-state index is 14.0. The zero-order valence-corrected chi connectivity index (χ0v) is 19.2. The average Bonchev–Trinajstić information content (AvgIpc) is 3.51. The van der Waals surface area contributed by atoms with Gasteiger partial charge in [0.2, 0.25) is 5.91 Å². The first kappa shape index (κ1) is 20.9. The summed E-state index contributed by atoms with van der Waals surface area (Å²) >= 11 is 1.51. The van der Waals surface area contributed by atoms with E-state index < -0.39 is 5.41 Å². The predicted octanol–water partition coefficient (Wildman–Crippen LogP) is 3.23. The number of hydrogen-bond donors (Lipinski definition) is 0. The first-order valence-corrected chi connectivity index (χ1v) is 11.8. The molecule has 3 aromatic heterocycles. The van der Waals surface area contributed by atoms with Crippen LogP contribution in [0.3, 0.4) is 0 Å². The molecule has 32 heavy (non-hydrogen) atoms. The van der Waals surface area contributed by atoms with Crippen LogP contribution in [-0.4, -0.2) is 56.0 Å². The van der Waals surface area contributed by atoms with Gasteiger partial charge in [0, 0.05) is 68.3 Å². The molecule has 5 heterocycles. The second-order valence-corrected chi connectivity index (χ2v) is 10.2. The van der Waals surface area contributed by atoms with Crippen molar-refractivity contribution in [1.82, 2.24) is 24.6 Å². The van der Waals surface area contributed by atoms with E-state index in [1.807, 2.05) is 65.0 Å². The van der Waals surface area contributed by atoms with Crippen LogP contribution >= 0.6 is 11.3 Å². The minimum absolute atomic E-state index is 0.0179. The lowest BCUT2D eigenvalue weighted by Gasteiger charge is -2.42. The highest BCUT2D eigenvalue weighted by Crippen LogP contribution is 2.50. The number of likely N-dealkylation sites (tertiary alicyclic amines) is 2. The number of thiophene rings is 1. The quantitative estimate of drug-likeness (QED) is 0.613. The number of aromatic nitrogens is 3. The summed E-state index contributed by atoms with van der Waals surface area (Å²) in [4.78, 5) is 37.2. The van der Waals surface area contributed by atoms with E-state index in [1.54, 1.807) is 12.4 Å². The summed E-state index contributed by atoms with van der Waals surface area (Å²) in [6, 6.07) is 9.76. The molecule has 2 aliphatic heterocycles. The van der Waals surface area contributed by atoms with Crippen molar-refractivity contribution in [3.8, 4) is 0 Å². The topological polar surface area (TPSA) is 71.3 Å². The smallest absolute Gasteiger partial charge is 0.263 e. The maximum absolute atomic E-state index is 14.0. The Bertz CT molecular complexity index is 1140. The molecule has 0 saturated carbocycles. The van der Waals surface area contributed by atoms with E-state index in [9.17, 15) is 9.59 Å². The van der Waals surface area contributed by atoms with E-state index in [0.29, 0.717) is 19.6 Å². The number of hydrogen-bond acceptors (Lipinski definition) is 5. The Balaban J connectivity index is 1.49. The Morgan fingerprint density at radius 1 is 1.25 bits per heavy atom. The highest BCUT2D eigenvalue weighted by Gasteiger charge is 2.57. The lowest BCUT2D eigenvalue weighted by atomic mass is 9.70. The molecule has 2 aliphatic rings. The molecule has 166 valence electrons. The molecule has 0 radical (unpaired) electrons. The minimum atomic E-state index is -0.629. The molecule has 1 spiro atoms. The minimum Gasteiger partial charge on any atom is -0.338 e. The van der Waals surface area contributed by atoms with Crippen LogP contribution < -0.4 is 0 Å². The van der Waals surface area contributed by atoms with Gasteiger partial charge >= 0.3 is 0 Å². The zero-order chi connectivity index (χ0) is 22.3. The lowest BCUT2D eigenvalue weighted by molar-refractivity contribution is -0.147. The van der Waals surface area contributed by atoms with Crippen molar-refractivity contribution < 1.29 is 9.59 Å². The number of rotatable bonds is 4. The summed E-state index contributed by atoms with van der Waals surface area (Å²) in [5.74, 6) is 0.0741. The fourth-order valence-corrected chi connectivity index (χ4v) is 6.15. The molecule has 3 aromatic rings. The van der Waals surface area contributed by atoms with Crippen LogP contribution in [0.15, 0.2) is 48.9 Å². The van der Waals surface area contributed by atoms with Crippen molar-refractivity contribution in [1.29, 1.82) is 0 Å². The van der Waals surface area contributed by atoms with Crippen LogP contribution in [0.1, 0.15) is 44.6 Å². The molecule has 1 unspecified atom stereocenters. The third-order valence-electron chi connectivity index (χ3n) is 6.86. The molecule has 5 rings (SSSR count). The van der Waals surface area contributed by atoms with Gasteiger partial charge in [0.25, 0.3) is 5.91 Å². The first-order chi connectivity index (χ1) is 15.5. The molecular weight excluding hydrogens is 422 g/mol. The molecule has 0 aromatic carbocycles. The molecule has 2 saturated heterocycles. The van der Waals surface area contributed by atoms with E-state index in [2.05, 4.69) is 10.1 Å². The normalized spacial score (nSPS) is 23.3. The van der Waals surface area contributed by atoms with Gasteiger partial charge in [0.15, 0.2) is 0 Å². The molecular formula is C24H27N5O2S. The molecule has 0 aliphatic carbocycles. The number of piperidine rings is 1. The van der Waals surface area contributed by atoms with Crippen LogP contribution in [0.2, 0.25) is 0 Å². The first-order valence-electron chi connectivity index (χ1n) is 11.0. The van der Waals surface area contributed by atoms with Crippen LogP contribution in [0, 0.1) is 12.3 Å². The Kier molecular flexibility index (Phi) is 5.33. The summed E-state index contributed by atoms with van der Waals surface area (Å²) in [6.45, 7) is 4.26. The Hall–Kier alpha value is -3.00. The fraction of sp³-hybridized carbons (Fsp3) is 0.417. The summed E-state index contributed by atoms with van der Waals surface area (Å²) in [5, 5.41) is 4.36. The van der Waals surface area contributed by atoms with Gasteiger partial charge in [0.05, 0.1) is 10.3 Å². The Morgan fingerprint density at radius 2 is 2.12 bits per heavy atom. The van der Waals surface area contributed by atoms with Crippen molar-refractivity contribution in [3.63, 3.8) is 0 Å². The van der Waals surface area contributed by atoms with Crippen LogP contribution in [0.5, 0.6) is 0 Å². The predicted molar refractivity (Wildman–Crippen MR) is 122 cm³/mol. The molecule has 2 fully saturated rings. The largest absolute Gasteiger partial charge is 0.338 e. The maximum Gasteiger partial charge on any atom is 0.263 e. The van der Waals surface area contributed by atoms with Gasteiger partial charge in [-0.25, -0.2) is 0 Å². The van der Waals surface area contributed by atoms with Gasteiger partial charge in [-0.15, -0.1) is 11.3 Å². The van der Waals surface area contributed by atoms with Crippen molar-refractivity contribution >= 4 is 23.2 Å². The highest BCUT2D eigenvalue weighted by molar-refractivity contribution is 7.13. The molecule has 7 nitrogen and oxygen atoms in total. The van der Waals surface area contributed by atoms with E-state index in [1.165, 1.54) is 11.3 Å². The summed E-state index contributed by atoms with van der Waals surface area (Å²) in [7, 11) is 1.91. The van der Waals surface area contributed by atoms with Crippen molar-refractivity contribution in [2.24, 2.45) is 12.5 Å². The number of nitrogens with zero attached hydrogens (tertiary/aromatic N) is 5. The molecule has 2 amide bonds. The van der Waals surface area contributed by atoms with Gasteiger partial charge in [-0.3, -0.25) is 19.3 Å². The Labute approximate surface area is 191 Å². The standard InChI is InChI=1S/C24H27N5O2S/c1-17-6-7-21(32-17)22(30)29-15-19(20-8-11-26-27(20)2)24(16-29)9-4-12-28(23(24)31)14-18-5-3-10-25-13-18/h3,5-8,10-11,13,19H,4,9,12,14-16H2,1-2H3/t19-,24?/m0/s1. The average molecular weight is 450 g/mol. The summed E-state index contributed by atoms with van der Waals surface area (Å²) in [5.41, 5.74) is 1.41. The number of carbonyl (C=O) groups is 2. The Morgan fingerprint density at radius 3 is 2.81 bits per heavy atom. The van der Waals surface area contributed by atoms with Gasteiger partial charge in [-0.1, -0.05) is 6.07 Å². The second kappa shape index (κ2) is 8.16. The van der Waals surface area contributed by atoms with Gasteiger partial charge < -0.3 is 9.80 Å². The van der Waals surface area contributed by atoms with E-state index >= 15 is 0 Å². The van der Waals surface area contributed by atoms with Gasteiger partial charge in [-0.2, -0.15) is 5.10 Å². The molecule has 2 atom stereocenters. The van der Waals surface area contributed by atoms with Gasteiger partial charge in [-0.05, 0) is 49.6 Å². The third kappa shape index (κ3) is 3.52. The van der Waals surface area contributed by atoms with Crippen LogP contribution in [-0.2, 0) is 18.4 Å². The number of aryl methyl sites for hydroxylation is 2. The molecule has 0 N–H and O–H groups in total. The van der Waals surface area contributed by atoms with Gasteiger partial charge in [0.1, 0.15) is 0 Å². The molecule has 8 heteroatoms. The van der Waals surface area contributed by atoms with Crippen molar-refractivity contribution in [2.75, 3.05) is 19.6 Å². The van der Waals surface area contributed by atoms with Crippen LogP contribution in [0.4, 0.5) is 0 Å². The fourth-order valence-electron chi connectivity index (χ4n) is 5.31. The molecule has 0 bridgehead atoms. The highest BCUT2D eigenvalue weighted by atomic mass is 32.1. The number of carbonyl (C=O) groups excluding carboxylic acids is 2. The monoisotopic (exact) mass is 449 g/mol. The second-order valence-electron chi connectivity index (χ2n) is 8.88. The number of pyridine rings is 1. The zero-order valence-electron chi connectivity index (χ0n) is 18.4. The van der Waals surface area contributed by atoms with Crippen molar-refractivity contribution in [2.45, 2.75) is 32.2 Å².